The van der Waals surface area contributed by atoms with Gasteiger partial charge in [-0.05, 0) is 64.0 Å². The summed E-state index contributed by atoms with van der Waals surface area (Å²) in [4.78, 5) is 14.3. The van der Waals surface area contributed by atoms with E-state index in [1.54, 1.807) is 18.2 Å². The molecule has 0 bridgehead atoms. The summed E-state index contributed by atoms with van der Waals surface area (Å²) in [6.07, 6.45) is 3.54. The molecule has 1 saturated heterocycles. The molecule has 1 aliphatic rings. The van der Waals surface area contributed by atoms with Crippen molar-refractivity contribution in [3.63, 3.8) is 0 Å². The van der Waals surface area contributed by atoms with Gasteiger partial charge in [0.05, 0.1) is 22.3 Å². The Bertz CT molecular complexity index is 505. The van der Waals surface area contributed by atoms with Crippen LogP contribution >= 0.6 is 35.6 Å². The molecular weight excluding hydrogens is 357 g/mol. The van der Waals surface area contributed by atoms with Gasteiger partial charge in [0.25, 0.3) is 0 Å². The summed E-state index contributed by atoms with van der Waals surface area (Å²) in [6, 6.07) is 5.24. The van der Waals surface area contributed by atoms with Crippen LogP contribution in [-0.2, 0) is 4.79 Å². The van der Waals surface area contributed by atoms with Gasteiger partial charge < -0.3 is 10.6 Å². The van der Waals surface area contributed by atoms with E-state index in [-0.39, 0.29) is 18.3 Å². The molecule has 7 heteroatoms. The van der Waals surface area contributed by atoms with Gasteiger partial charge in [-0.2, -0.15) is 0 Å². The van der Waals surface area contributed by atoms with Crippen LogP contribution in [0.2, 0.25) is 10.0 Å². The lowest BCUT2D eigenvalue weighted by Crippen LogP contribution is -2.39. The van der Waals surface area contributed by atoms with Gasteiger partial charge in [0.2, 0.25) is 5.91 Å². The minimum atomic E-state index is -0.0437. The van der Waals surface area contributed by atoms with Crippen LogP contribution in [0.5, 0.6) is 0 Å². The number of carbonyl (C=O) groups excluding carboxylic acids is 1. The highest BCUT2D eigenvalue weighted by Gasteiger charge is 2.20. The molecule has 1 amide bonds. The fourth-order valence-electron chi connectivity index (χ4n) is 2.77. The van der Waals surface area contributed by atoms with Gasteiger partial charge in [-0.25, -0.2) is 0 Å². The number of amides is 1. The zero-order valence-corrected chi connectivity index (χ0v) is 15.6. The largest absolute Gasteiger partial charge is 0.324 e. The number of rotatable bonds is 6. The second-order valence-electron chi connectivity index (χ2n) is 5.76. The van der Waals surface area contributed by atoms with Crippen molar-refractivity contribution in [1.29, 1.82) is 0 Å². The zero-order chi connectivity index (χ0) is 15.9. The first-order chi connectivity index (χ1) is 10.6. The van der Waals surface area contributed by atoms with E-state index in [1.165, 1.54) is 6.42 Å². The molecule has 4 nitrogen and oxygen atoms in total. The summed E-state index contributed by atoms with van der Waals surface area (Å²) in [5.41, 5.74) is 0.572. The van der Waals surface area contributed by atoms with E-state index in [9.17, 15) is 4.79 Å². The smallest absolute Gasteiger partial charge is 0.238 e. The molecule has 130 valence electrons. The maximum atomic E-state index is 12.1. The minimum absolute atomic E-state index is 0. The van der Waals surface area contributed by atoms with Crippen molar-refractivity contribution in [3.8, 4) is 0 Å². The summed E-state index contributed by atoms with van der Waals surface area (Å²) in [7, 11) is 1.99. The molecular formula is C16H24Cl3N3O. The van der Waals surface area contributed by atoms with Crippen LogP contribution in [0.3, 0.4) is 0 Å². The Labute approximate surface area is 154 Å². The fourth-order valence-corrected chi connectivity index (χ4v) is 3.12. The maximum Gasteiger partial charge on any atom is 0.238 e. The molecule has 2 N–H and O–H groups in total. The molecule has 0 radical (unpaired) electrons. The third-order valence-corrected chi connectivity index (χ3v) is 4.92. The Morgan fingerprint density at radius 2 is 2.00 bits per heavy atom. The topological polar surface area (TPSA) is 44.4 Å². The van der Waals surface area contributed by atoms with Gasteiger partial charge in [-0.1, -0.05) is 29.3 Å². The van der Waals surface area contributed by atoms with Gasteiger partial charge in [-0.15, -0.1) is 12.4 Å². The molecule has 1 aliphatic heterocycles. The van der Waals surface area contributed by atoms with Crippen LogP contribution in [0, 0.1) is 5.92 Å². The zero-order valence-electron chi connectivity index (χ0n) is 13.3. The first-order valence-electron chi connectivity index (χ1n) is 7.71. The van der Waals surface area contributed by atoms with Crippen LogP contribution in [0.15, 0.2) is 18.2 Å². The van der Waals surface area contributed by atoms with Crippen molar-refractivity contribution in [2.24, 2.45) is 5.92 Å². The van der Waals surface area contributed by atoms with Crippen molar-refractivity contribution >= 4 is 47.2 Å². The molecule has 1 aromatic carbocycles. The highest BCUT2D eigenvalue weighted by atomic mass is 35.5. The first-order valence-corrected chi connectivity index (χ1v) is 8.46. The number of anilines is 1. The Kier molecular flexibility index (Phi) is 9.25. The quantitative estimate of drug-likeness (QED) is 0.791. The van der Waals surface area contributed by atoms with Crippen molar-refractivity contribution in [3.05, 3.63) is 28.2 Å². The summed E-state index contributed by atoms with van der Waals surface area (Å²) in [5.74, 6) is 0.729. The molecule has 23 heavy (non-hydrogen) atoms. The molecule has 0 spiro atoms. The van der Waals surface area contributed by atoms with Gasteiger partial charge in [-0.3, -0.25) is 9.69 Å². The third-order valence-electron chi connectivity index (χ3n) is 4.10. The number of piperidine rings is 1. The van der Waals surface area contributed by atoms with Crippen molar-refractivity contribution < 1.29 is 4.79 Å². The van der Waals surface area contributed by atoms with Gasteiger partial charge in [0, 0.05) is 0 Å². The minimum Gasteiger partial charge on any atom is -0.324 e. The standard InChI is InChI=1S/C16H23Cl2N3O.ClH/c1-19-8-5-12-6-9-21(10-7-12)11-15(22)20-14-4-2-3-13(17)16(14)18;/h2-4,12,19H,5-11H2,1H3,(H,20,22);1H. The third kappa shape index (κ3) is 6.48. The number of nitrogens with zero attached hydrogens (tertiary/aromatic N) is 1. The van der Waals surface area contributed by atoms with Crippen LogP contribution in [0.1, 0.15) is 19.3 Å². The maximum absolute atomic E-state index is 12.1. The molecule has 0 saturated carbocycles. The average molecular weight is 381 g/mol. The summed E-state index contributed by atoms with van der Waals surface area (Å²) >= 11 is 12.0. The monoisotopic (exact) mass is 379 g/mol. The number of likely N-dealkylation sites (tertiary alicyclic amines) is 1. The lowest BCUT2D eigenvalue weighted by atomic mass is 9.93. The second kappa shape index (κ2) is 10.4. The number of hydrogen-bond donors (Lipinski definition) is 2. The molecule has 0 aromatic heterocycles. The predicted molar refractivity (Wildman–Crippen MR) is 100 cm³/mol. The van der Waals surface area contributed by atoms with Crippen molar-refractivity contribution in [2.75, 3.05) is 38.5 Å². The molecule has 1 aromatic rings. The van der Waals surface area contributed by atoms with Gasteiger partial charge in [0.15, 0.2) is 0 Å². The number of hydrogen-bond acceptors (Lipinski definition) is 3. The predicted octanol–water partition coefficient (Wildman–Crippen LogP) is 3.68. The Hall–Kier alpha value is -0.520. The summed E-state index contributed by atoms with van der Waals surface area (Å²) < 4.78 is 0. The number of carbonyl (C=O) groups is 1. The number of halogens is 3. The SMILES string of the molecule is CNCCC1CCN(CC(=O)Nc2cccc(Cl)c2Cl)CC1.Cl. The van der Waals surface area contributed by atoms with E-state index in [0.717, 1.165) is 38.4 Å². The second-order valence-corrected chi connectivity index (χ2v) is 6.55. The fraction of sp³-hybridized carbons (Fsp3) is 0.562. The number of benzene rings is 1. The number of nitrogens with one attached hydrogen (secondary N) is 2. The lowest BCUT2D eigenvalue weighted by Gasteiger charge is -2.31. The van der Waals surface area contributed by atoms with Gasteiger partial charge >= 0.3 is 0 Å². The molecule has 0 aliphatic carbocycles. The Balaban J connectivity index is 0.00000264. The highest BCUT2D eigenvalue weighted by Crippen LogP contribution is 2.29. The highest BCUT2D eigenvalue weighted by molar-refractivity contribution is 6.43. The van der Waals surface area contributed by atoms with Crippen molar-refractivity contribution in [2.45, 2.75) is 19.3 Å². The summed E-state index contributed by atoms with van der Waals surface area (Å²) in [6.45, 7) is 3.43. The molecule has 2 rings (SSSR count). The molecule has 1 heterocycles. The van der Waals surface area contributed by atoms with Crippen molar-refractivity contribution in [1.82, 2.24) is 10.2 Å². The van der Waals surface area contributed by atoms with E-state index in [2.05, 4.69) is 15.5 Å². The normalized spacial score (nSPS) is 16.0. The van der Waals surface area contributed by atoms with Crippen LogP contribution in [0.25, 0.3) is 0 Å². The van der Waals surface area contributed by atoms with E-state index in [4.69, 9.17) is 23.2 Å². The first kappa shape index (κ1) is 20.5. The molecule has 1 fully saturated rings. The van der Waals surface area contributed by atoms with Gasteiger partial charge in [0.1, 0.15) is 0 Å². The lowest BCUT2D eigenvalue weighted by molar-refractivity contribution is -0.117. The molecule has 0 atom stereocenters. The van der Waals surface area contributed by atoms with E-state index < -0.39 is 0 Å². The Morgan fingerprint density at radius 3 is 2.65 bits per heavy atom. The van der Waals surface area contributed by atoms with Crippen LogP contribution in [0.4, 0.5) is 5.69 Å². The van der Waals surface area contributed by atoms with E-state index >= 15 is 0 Å². The van der Waals surface area contributed by atoms with Crippen LogP contribution < -0.4 is 10.6 Å². The van der Waals surface area contributed by atoms with E-state index in [0.29, 0.717) is 22.3 Å². The Morgan fingerprint density at radius 1 is 1.30 bits per heavy atom. The average Bonchev–Trinajstić information content (AvgIpc) is 2.51. The molecule has 0 unspecified atom stereocenters. The summed E-state index contributed by atoms with van der Waals surface area (Å²) in [5, 5.41) is 6.87. The van der Waals surface area contributed by atoms with Crippen LogP contribution in [-0.4, -0.2) is 44.0 Å². The van der Waals surface area contributed by atoms with E-state index in [1.807, 2.05) is 7.05 Å².